The fourth-order valence-corrected chi connectivity index (χ4v) is 5.58. The molecule has 2 saturated heterocycles. The predicted octanol–water partition coefficient (Wildman–Crippen LogP) is 4.23. The molecule has 1 aromatic carbocycles. The number of thioether (sulfide) groups is 1. The average Bonchev–Trinajstić information content (AvgIpc) is 3.01. The van der Waals surface area contributed by atoms with Gasteiger partial charge in [0.1, 0.15) is 4.32 Å². The summed E-state index contributed by atoms with van der Waals surface area (Å²) in [4.78, 5) is 30.8. The second-order valence-electron chi connectivity index (χ2n) is 7.30. The molecule has 0 unspecified atom stereocenters. The molecule has 0 spiro atoms. The molecule has 0 radical (unpaired) electrons. The Bertz CT molecular complexity index is 1070. The number of pyridine rings is 1. The minimum Gasteiger partial charge on any atom is -0.370 e. The highest BCUT2D eigenvalue weighted by Gasteiger charge is 2.32. The summed E-state index contributed by atoms with van der Waals surface area (Å²) in [7, 11) is 0. The zero-order valence-electron chi connectivity index (χ0n) is 16.8. The molecule has 1 aromatic heterocycles. The van der Waals surface area contributed by atoms with Crippen LogP contribution in [0.2, 0.25) is 0 Å². The van der Waals surface area contributed by atoms with Crippen LogP contribution in [0.25, 0.3) is 17.0 Å². The molecule has 0 atom stereocenters. The lowest BCUT2D eigenvalue weighted by Crippen LogP contribution is -2.33. The van der Waals surface area contributed by atoms with Gasteiger partial charge in [0.2, 0.25) is 0 Å². The predicted molar refractivity (Wildman–Crippen MR) is 125 cm³/mol. The maximum absolute atomic E-state index is 13.5. The summed E-state index contributed by atoms with van der Waals surface area (Å²) in [5.74, 6) is -0.109. The number of piperidine rings is 1. The van der Waals surface area contributed by atoms with Crippen molar-refractivity contribution in [3.05, 3.63) is 45.1 Å². The fourth-order valence-electron chi connectivity index (χ4n) is 4.22. The zero-order chi connectivity index (χ0) is 20.5. The molecule has 1 amide bonds. The number of fused-ring (bicyclic) bond motifs is 1. The number of aromatic nitrogens is 1. The number of carbonyl (C=O) groups excluding carboxylic acids is 1. The highest BCUT2D eigenvalue weighted by Crippen LogP contribution is 2.36. The van der Waals surface area contributed by atoms with E-state index < -0.39 is 0 Å². The van der Waals surface area contributed by atoms with Crippen LogP contribution in [-0.4, -0.2) is 39.3 Å². The van der Waals surface area contributed by atoms with E-state index in [1.165, 1.54) is 18.2 Å². The van der Waals surface area contributed by atoms with Crippen LogP contribution in [-0.2, 0) is 11.3 Å². The molecular formula is C22H25N3O2S2. The molecule has 2 aliphatic heterocycles. The van der Waals surface area contributed by atoms with Crippen molar-refractivity contribution >= 4 is 56.9 Å². The fraction of sp³-hybridized carbons (Fsp3) is 0.409. The van der Waals surface area contributed by atoms with Gasteiger partial charge < -0.3 is 9.47 Å². The summed E-state index contributed by atoms with van der Waals surface area (Å²) in [5, 5.41) is 1.06. The second kappa shape index (κ2) is 8.32. The minimum absolute atomic E-state index is 0.0476. The molecule has 29 heavy (non-hydrogen) atoms. The highest BCUT2D eigenvalue weighted by atomic mass is 32.2. The lowest BCUT2D eigenvalue weighted by molar-refractivity contribution is -0.121. The largest absolute Gasteiger partial charge is 0.370 e. The van der Waals surface area contributed by atoms with Crippen LogP contribution in [0.5, 0.6) is 0 Å². The van der Waals surface area contributed by atoms with Crippen LogP contribution in [0, 0.1) is 0 Å². The first-order valence-electron chi connectivity index (χ1n) is 10.2. The summed E-state index contributed by atoms with van der Waals surface area (Å²) in [6.07, 6.45) is 5.22. The number of hydrogen-bond acceptors (Lipinski definition) is 5. The van der Waals surface area contributed by atoms with E-state index in [0.29, 0.717) is 27.9 Å². The van der Waals surface area contributed by atoms with E-state index >= 15 is 0 Å². The SMILES string of the molecule is CCN1C(=O)C(=Cc2c(N3CCCCC3)c3ccccc3n(CC)c2=O)SC1=S. The molecule has 2 aliphatic rings. The molecule has 5 nitrogen and oxygen atoms in total. The number of nitrogens with zero attached hydrogens (tertiary/aromatic N) is 3. The lowest BCUT2D eigenvalue weighted by Gasteiger charge is -2.31. The third-order valence-corrected chi connectivity index (χ3v) is 7.01. The average molecular weight is 428 g/mol. The number of benzene rings is 1. The molecule has 2 aromatic rings. The first kappa shape index (κ1) is 20.2. The lowest BCUT2D eigenvalue weighted by atomic mass is 10.0. The molecule has 0 saturated carbocycles. The number of para-hydroxylation sites is 1. The van der Waals surface area contributed by atoms with Gasteiger partial charge in [-0.05, 0) is 45.3 Å². The van der Waals surface area contributed by atoms with E-state index in [-0.39, 0.29) is 11.5 Å². The van der Waals surface area contributed by atoms with Crippen molar-refractivity contribution < 1.29 is 4.79 Å². The van der Waals surface area contributed by atoms with Crippen LogP contribution in [0.15, 0.2) is 34.0 Å². The third kappa shape index (κ3) is 3.51. The monoisotopic (exact) mass is 427 g/mol. The molecule has 3 heterocycles. The number of amides is 1. The van der Waals surface area contributed by atoms with Gasteiger partial charge in [-0.15, -0.1) is 0 Å². The number of likely N-dealkylation sites (N-methyl/N-ethyl adjacent to an activating group) is 1. The maximum Gasteiger partial charge on any atom is 0.266 e. The van der Waals surface area contributed by atoms with Crippen LogP contribution < -0.4 is 10.5 Å². The van der Waals surface area contributed by atoms with Crippen molar-refractivity contribution in [2.45, 2.75) is 39.7 Å². The van der Waals surface area contributed by atoms with Gasteiger partial charge in [0, 0.05) is 31.6 Å². The van der Waals surface area contributed by atoms with Gasteiger partial charge in [-0.25, -0.2) is 0 Å². The Morgan fingerprint density at radius 2 is 1.79 bits per heavy atom. The number of carbonyl (C=O) groups is 1. The Hall–Kier alpha value is -2.12. The number of thiocarbonyl (C=S) groups is 1. The number of anilines is 1. The van der Waals surface area contributed by atoms with Crippen LogP contribution in [0.3, 0.4) is 0 Å². The van der Waals surface area contributed by atoms with Gasteiger partial charge in [-0.1, -0.05) is 42.2 Å². The highest BCUT2D eigenvalue weighted by molar-refractivity contribution is 8.26. The van der Waals surface area contributed by atoms with E-state index in [4.69, 9.17) is 12.2 Å². The maximum atomic E-state index is 13.5. The molecular weight excluding hydrogens is 402 g/mol. The number of hydrogen-bond donors (Lipinski definition) is 0. The van der Waals surface area contributed by atoms with Crippen molar-refractivity contribution in [2.75, 3.05) is 24.5 Å². The van der Waals surface area contributed by atoms with Gasteiger partial charge in [0.15, 0.2) is 0 Å². The Morgan fingerprint density at radius 3 is 2.45 bits per heavy atom. The summed E-state index contributed by atoms with van der Waals surface area (Å²) >= 11 is 6.65. The third-order valence-electron chi connectivity index (χ3n) is 5.63. The summed E-state index contributed by atoms with van der Waals surface area (Å²) in [5.41, 5.74) is 2.45. The van der Waals surface area contributed by atoms with Gasteiger partial charge in [-0.3, -0.25) is 14.5 Å². The topological polar surface area (TPSA) is 45.6 Å². The molecule has 0 bridgehead atoms. The Morgan fingerprint density at radius 1 is 1.07 bits per heavy atom. The molecule has 2 fully saturated rings. The van der Waals surface area contributed by atoms with E-state index in [0.717, 1.165) is 42.5 Å². The smallest absolute Gasteiger partial charge is 0.266 e. The van der Waals surface area contributed by atoms with Gasteiger partial charge >= 0.3 is 0 Å². The molecule has 0 N–H and O–H groups in total. The van der Waals surface area contributed by atoms with Gasteiger partial charge in [0.25, 0.3) is 11.5 Å². The van der Waals surface area contributed by atoms with E-state index in [2.05, 4.69) is 11.0 Å². The Kier molecular flexibility index (Phi) is 5.79. The number of aryl methyl sites for hydroxylation is 1. The second-order valence-corrected chi connectivity index (χ2v) is 8.98. The van der Waals surface area contributed by atoms with Crippen LogP contribution >= 0.6 is 24.0 Å². The molecule has 0 aliphatic carbocycles. The molecule has 4 rings (SSSR count). The first-order chi connectivity index (χ1) is 14.1. The van der Waals surface area contributed by atoms with Crippen molar-refractivity contribution in [3.63, 3.8) is 0 Å². The zero-order valence-corrected chi connectivity index (χ0v) is 18.4. The van der Waals surface area contributed by atoms with Gasteiger partial charge in [0.05, 0.1) is 21.7 Å². The van der Waals surface area contributed by atoms with E-state index in [1.807, 2.05) is 32.0 Å². The van der Waals surface area contributed by atoms with E-state index in [9.17, 15) is 9.59 Å². The van der Waals surface area contributed by atoms with Crippen LogP contribution in [0.4, 0.5) is 5.69 Å². The molecule has 152 valence electrons. The Labute approximate surface area is 180 Å². The van der Waals surface area contributed by atoms with Gasteiger partial charge in [-0.2, -0.15) is 0 Å². The van der Waals surface area contributed by atoms with Crippen molar-refractivity contribution in [1.82, 2.24) is 9.47 Å². The van der Waals surface area contributed by atoms with Crippen LogP contribution in [0.1, 0.15) is 38.7 Å². The number of rotatable bonds is 4. The summed E-state index contributed by atoms with van der Waals surface area (Å²) in [6, 6.07) is 8.08. The van der Waals surface area contributed by atoms with E-state index in [1.54, 1.807) is 15.5 Å². The quantitative estimate of drug-likeness (QED) is 0.540. The first-order valence-corrected chi connectivity index (χ1v) is 11.4. The normalized spacial score (nSPS) is 19.0. The van der Waals surface area contributed by atoms with Crippen molar-refractivity contribution in [2.24, 2.45) is 0 Å². The van der Waals surface area contributed by atoms with Crippen molar-refractivity contribution in [3.8, 4) is 0 Å². The van der Waals surface area contributed by atoms with Crippen molar-refractivity contribution in [1.29, 1.82) is 0 Å². The molecule has 7 heteroatoms. The Balaban J connectivity index is 1.98. The summed E-state index contributed by atoms with van der Waals surface area (Å²) < 4.78 is 2.36. The minimum atomic E-state index is -0.109. The summed E-state index contributed by atoms with van der Waals surface area (Å²) in [6.45, 7) is 6.86. The standard InChI is InChI=1S/C22H25N3O2S2/c1-3-24-17-11-7-6-10-15(17)19(23-12-8-5-9-13-23)16(20(24)26)14-18-21(27)25(4-2)22(28)29-18/h6-7,10-11,14H,3-5,8-9,12-13H2,1-2H3.